The minimum Gasteiger partial charge on any atom is -0.505 e. The minimum absolute atomic E-state index is 0.0434. The fourth-order valence-corrected chi connectivity index (χ4v) is 3.94. The number of carbonyl (C=O) groups is 3. The molecule has 0 fully saturated rings. The molecule has 14 heteroatoms. The molecule has 0 aromatic heterocycles. The fraction of sp³-hybridized carbons (Fsp3) is 0.464. The van der Waals surface area contributed by atoms with Gasteiger partial charge in [-0.1, -0.05) is 43.0 Å². The van der Waals surface area contributed by atoms with E-state index in [2.05, 4.69) is 28.2 Å². The minimum atomic E-state index is -0.939. The Hall–Kier alpha value is -3.45. The van der Waals surface area contributed by atoms with Crippen molar-refractivity contribution in [3.63, 3.8) is 0 Å². The van der Waals surface area contributed by atoms with Crippen molar-refractivity contribution >= 4 is 52.6 Å². The molecule has 2 atom stereocenters. The van der Waals surface area contributed by atoms with Crippen molar-refractivity contribution in [2.45, 2.75) is 65.6 Å². The topological polar surface area (TPSA) is 189 Å². The summed E-state index contributed by atoms with van der Waals surface area (Å²) >= 11 is 11.8. The molecule has 4 amide bonds. The molecule has 42 heavy (non-hydrogen) atoms. The van der Waals surface area contributed by atoms with Crippen LogP contribution in [0.5, 0.6) is 11.5 Å². The average Bonchev–Trinajstić information content (AvgIpc) is 2.90. The van der Waals surface area contributed by atoms with Gasteiger partial charge >= 0.3 is 18.0 Å². The smallest absolute Gasteiger partial charge is 0.319 e. The quantitative estimate of drug-likeness (QED) is 0.0846. The second-order valence-corrected chi connectivity index (χ2v) is 10.0. The molecule has 2 aromatic carbocycles. The van der Waals surface area contributed by atoms with Crippen molar-refractivity contribution < 1.29 is 39.5 Å². The number of hydrogen-bond acceptors (Lipinski definition) is 8. The summed E-state index contributed by atoms with van der Waals surface area (Å²) in [6.07, 6.45) is 1.27. The Morgan fingerprint density at radius 1 is 0.786 bits per heavy atom. The first-order valence-electron chi connectivity index (χ1n) is 13.5. The average molecular weight is 632 g/mol. The molecule has 0 spiro atoms. The summed E-state index contributed by atoms with van der Waals surface area (Å²) in [5.41, 5.74) is 0.728. The van der Waals surface area contributed by atoms with Gasteiger partial charge < -0.3 is 46.4 Å². The Kier molecular flexibility index (Phi) is 16.4. The molecule has 0 heterocycles. The van der Waals surface area contributed by atoms with E-state index in [1.54, 1.807) is 6.92 Å². The number of aliphatic hydroxyl groups is 2. The highest BCUT2D eigenvalue weighted by atomic mass is 35.5. The van der Waals surface area contributed by atoms with Crippen molar-refractivity contribution in [3.8, 4) is 11.5 Å². The van der Waals surface area contributed by atoms with Crippen LogP contribution < -0.4 is 21.3 Å². The lowest BCUT2D eigenvalue weighted by atomic mass is 10.1. The third-order valence-corrected chi connectivity index (χ3v) is 6.03. The van der Waals surface area contributed by atoms with Gasteiger partial charge in [-0.3, -0.25) is 4.79 Å². The number of phenolic OH excluding ortho intramolecular Hbond substituents is 2. The predicted octanol–water partition coefficient (Wildman–Crippen LogP) is 5.58. The number of anilines is 2. The van der Waals surface area contributed by atoms with Crippen molar-refractivity contribution in [3.05, 3.63) is 45.4 Å². The maximum absolute atomic E-state index is 11.7. The Labute approximate surface area is 255 Å². The highest BCUT2D eigenvalue weighted by Crippen LogP contribution is 2.36. The number of benzene rings is 2. The molecule has 2 rings (SSSR count). The number of phenols is 2. The molecule has 8 N–H and O–H groups in total. The van der Waals surface area contributed by atoms with Crippen molar-refractivity contribution in [1.82, 2.24) is 10.6 Å². The molecule has 0 radical (unpaired) electrons. The van der Waals surface area contributed by atoms with Crippen LogP contribution in [0.25, 0.3) is 0 Å². The number of carbonyl (C=O) groups excluding carboxylic acids is 3. The third kappa shape index (κ3) is 13.0. The lowest BCUT2D eigenvalue weighted by Crippen LogP contribution is -2.31. The summed E-state index contributed by atoms with van der Waals surface area (Å²) in [4.78, 5) is 34.5. The second-order valence-electron chi connectivity index (χ2n) is 9.16. The van der Waals surface area contributed by atoms with Crippen LogP contribution in [-0.4, -0.2) is 58.2 Å². The number of esters is 1. The first-order valence-corrected chi connectivity index (χ1v) is 14.2. The summed E-state index contributed by atoms with van der Waals surface area (Å²) < 4.78 is 4.72. The number of rotatable bonds is 12. The van der Waals surface area contributed by atoms with Gasteiger partial charge in [0.2, 0.25) is 0 Å². The van der Waals surface area contributed by atoms with Crippen molar-refractivity contribution in [1.29, 1.82) is 0 Å². The molecular weight excluding hydrogens is 591 g/mol. The van der Waals surface area contributed by atoms with Crippen molar-refractivity contribution in [2.24, 2.45) is 0 Å². The van der Waals surface area contributed by atoms with Crippen LogP contribution in [0.2, 0.25) is 10.0 Å². The number of nitrogens with one attached hydrogen (secondary N) is 4. The molecule has 2 unspecified atom stereocenters. The Balaban J connectivity index is 0.000000422. The lowest BCUT2D eigenvalue weighted by molar-refractivity contribution is -0.142. The highest BCUT2D eigenvalue weighted by molar-refractivity contribution is 6.31. The van der Waals surface area contributed by atoms with Crippen LogP contribution in [-0.2, 0) is 9.53 Å². The SMILES string of the molecule is CCCCCNC(=O)Nc1cc(Cl)cc(C(C)O)c1O.CCOC(=O)CCNC(=O)Nc1cc(Cl)cc(C(C)O)c1O. The Morgan fingerprint density at radius 3 is 1.64 bits per heavy atom. The van der Waals surface area contributed by atoms with Crippen LogP contribution in [0.1, 0.15) is 76.7 Å². The third-order valence-electron chi connectivity index (χ3n) is 5.59. The zero-order valence-corrected chi connectivity index (χ0v) is 25.6. The molecule has 0 aliphatic carbocycles. The van der Waals surface area contributed by atoms with E-state index in [0.29, 0.717) is 11.6 Å². The van der Waals surface area contributed by atoms with E-state index in [9.17, 15) is 34.8 Å². The number of amides is 4. The maximum atomic E-state index is 11.7. The van der Waals surface area contributed by atoms with Gasteiger partial charge in [-0.2, -0.15) is 0 Å². The van der Waals surface area contributed by atoms with Gasteiger partial charge in [0.25, 0.3) is 0 Å². The van der Waals surface area contributed by atoms with Gasteiger partial charge in [-0.05, 0) is 51.5 Å². The molecule has 0 aliphatic rings. The van der Waals surface area contributed by atoms with E-state index in [4.69, 9.17) is 27.9 Å². The number of ether oxygens (including phenoxy) is 1. The van der Waals surface area contributed by atoms with E-state index in [0.717, 1.165) is 19.3 Å². The van der Waals surface area contributed by atoms with E-state index < -0.39 is 30.2 Å². The van der Waals surface area contributed by atoms with Gasteiger partial charge in [-0.15, -0.1) is 0 Å². The molecule has 0 saturated carbocycles. The second kappa shape index (κ2) is 18.9. The van der Waals surface area contributed by atoms with Crippen LogP contribution in [0.4, 0.5) is 21.0 Å². The van der Waals surface area contributed by atoms with E-state index in [1.165, 1.54) is 38.1 Å². The molecule has 0 saturated heterocycles. The van der Waals surface area contributed by atoms with Gasteiger partial charge in [0.05, 0.1) is 36.6 Å². The lowest BCUT2D eigenvalue weighted by Gasteiger charge is -2.14. The molecule has 234 valence electrons. The predicted molar refractivity (Wildman–Crippen MR) is 162 cm³/mol. The van der Waals surface area contributed by atoms with Crippen LogP contribution in [0.3, 0.4) is 0 Å². The van der Waals surface area contributed by atoms with Gasteiger partial charge in [0.1, 0.15) is 11.5 Å². The Morgan fingerprint density at radius 2 is 1.24 bits per heavy atom. The summed E-state index contributed by atoms with van der Waals surface area (Å²) in [7, 11) is 0. The zero-order chi connectivity index (χ0) is 31.8. The molecular formula is C28H40Cl2N4O8. The van der Waals surface area contributed by atoms with Gasteiger partial charge in [0, 0.05) is 34.3 Å². The number of halogens is 2. The summed E-state index contributed by atoms with van der Waals surface area (Å²) in [5.74, 6) is -0.849. The summed E-state index contributed by atoms with van der Waals surface area (Å²) in [5, 5.41) is 49.7. The molecule has 0 bridgehead atoms. The number of unbranched alkanes of at least 4 members (excludes halogenated alkanes) is 2. The summed E-state index contributed by atoms with van der Waals surface area (Å²) in [6.45, 7) is 7.71. The van der Waals surface area contributed by atoms with Gasteiger partial charge in [0.15, 0.2) is 0 Å². The number of urea groups is 2. The zero-order valence-electron chi connectivity index (χ0n) is 24.1. The molecule has 2 aromatic rings. The van der Waals surface area contributed by atoms with Crippen LogP contribution >= 0.6 is 23.2 Å². The van der Waals surface area contributed by atoms with E-state index >= 15 is 0 Å². The molecule has 0 aliphatic heterocycles. The van der Waals surface area contributed by atoms with E-state index in [-0.39, 0.29) is 58.6 Å². The van der Waals surface area contributed by atoms with Crippen LogP contribution in [0.15, 0.2) is 24.3 Å². The fourth-order valence-electron chi connectivity index (χ4n) is 3.49. The number of hydrogen-bond donors (Lipinski definition) is 8. The standard InChI is InChI=1S/C14H19ClN2O5.C14H21ClN2O3/c1-3-22-12(19)4-5-16-14(21)17-11-7-9(15)6-10(8(2)18)13(11)20;1-3-4-5-6-16-14(20)17-12-8-10(15)7-11(9(2)18)13(12)19/h6-8,18,20H,3-5H2,1-2H3,(H2,16,17,21);7-9,18-19H,3-6H2,1-2H3,(H2,16,17,20). The largest absolute Gasteiger partial charge is 0.505 e. The monoisotopic (exact) mass is 630 g/mol. The number of aliphatic hydroxyl groups excluding tert-OH is 2. The van der Waals surface area contributed by atoms with E-state index in [1.807, 2.05) is 0 Å². The van der Waals surface area contributed by atoms with Crippen molar-refractivity contribution in [2.75, 3.05) is 30.3 Å². The first-order chi connectivity index (χ1) is 19.8. The first kappa shape index (κ1) is 36.6. The summed E-state index contributed by atoms with van der Waals surface area (Å²) in [6, 6.07) is 4.65. The normalized spacial score (nSPS) is 11.8. The maximum Gasteiger partial charge on any atom is 0.319 e. The van der Waals surface area contributed by atoms with Crippen LogP contribution in [0, 0.1) is 0 Å². The highest BCUT2D eigenvalue weighted by Gasteiger charge is 2.16. The Bertz CT molecular complexity index is 1190. The molecule has 12 nitrogen and oxygen atoms in total. The van der Waals surface area contributed by atoms with Gasteiger partial charge in [-0.25, -0.2) is 9.59 Å². The number of aromatic hydroxyl groups is 2.